The molecule has 1 atom stereocenters. The molecule has 0 aliphatic heterocycles. The van der Waals surface area contributed by atoms with Crippen LogP contribution in [0.4, 0.5) is 5.95 Å². The first kappa shape index (κ1) is 24.7. The molecular formula is C20H24N6O7S. The van der Waals surface area contributed by atoms with Crippen LogP contribution in [0.3, 0.4) is 0 Å². The number of ether oxygens (including phenoxy) is 1. The van der Waals surface area contributed by atoms with Gasteiger partial charge in [0.25, 0.3) is 11.8 Å². The highest BCUT2D eigenvalue weighted by Crippen LogP contribution is 2.12. The van der Waals surface area contributed by atoms with Crippen LogP contribution in [0.15, 0.2) is 52.0 Å². The van der Waals surface area contributed by atoms with Crippen LogP contribution >= 0.6 is 0 Å². The first-order valence-corrected chi connectivity index (χ1v) is 11.7. The molecule has 3 rings (SSSR count). The third kappa shape index (κ3) is 7.05. The van der Waals surface area contributed by atoms with Gasteiger partial charge < -0.3 is 30.0 Å². The zero-order chi connectivity index (χ0) is 24.6. The molecule has 5 N–H and O–H groups in total. The van der Waals surface area contributed by atoms with E-state index < -0.39 is 34.5 Å². The van der Waals surface area contributed by atoms with Gasteiger partial charge in [-0.2, -0.15) is 4.72 Å². The van der Waals surface area contributed by atoms with E-state index in [1.807, 2.05) is 11.6 Å². The van der Waals surface area contributed by atoms with Crippen molar-refractivity contribution in [2.24, 2.45) is 0 Å². The maximum atomic E-state index is 12.4. The monoisotopic (exact) mass is 492 g/mol. The Labute approximate surface area is 195 Å². The first-order valence-electron chi connectivity index (χ1n) is 10.2. The van der Waals surface area contributed by atoms with Crippen LogP contribution in [-0.4, -0.2) is 66.3 Å². The van der Waals surface area contributed by atoms with E-state index in [0.717, 1.165) is 5.69 Å². The number of aliphatic carboxylic acids is 1. The van der Waals surface area contributed by atoms with Crippen molar-refractivity contribution in [3.63, 3.8) is 0 Å². The molecule has 0 aliphatic rings. The topological polar surface area (TPSA) is 189 Å². The largest absolute Gasteiger partial charge is 0.480 e. The minimum absolute atomic E-state index is 0.0820. The smallest absolute Gasteiger partial charge is 0.323 e. The molecule has 0 saturated heterocycles. The number of carbonyl (C=O) groups is 2. The van der Waals surface area contributed by atoms with Crippen molar-refractivity contribution < 1.29 is 32.4 Å². The summed E-state index contributed by atoms with van der Waals surface area (Å²) in [6.07, 6.45) is 2.40. The lowest BCUT2D eigenvalue weighted by atomic mass is 10.3. The lowest BCUT2D eigenvalue weighted by Gasteiger charge is -2.15. The number of amides is 1. The van der Waals surface area contributed by atoms with Crippen LogP contribution in [0.2, 0.25) is 0 Å². The van der Waals surface area contributed by atoms with E-state index in [1.54, 1.807) is 12.3 Å². The summed E-state index contributed by atoms with van der Waals surface area (Å²) in [7, 11) is -4.09. The second kappa shape index (κ2) is 11.3. The lowest BCUT2D eigenvalue weighted by Crippen LogP contribution is -2.48. The van der Waals surface area contributed by atoms with Crippen molar-refractivity contribution in [1.29, 1.82) is 0 Å². The summed E-state index contributed by atoms with van der Waals surface area (Å²) in [5.41, 5.74) is 0.871. The molecule has 0 spiro atoms. The average Bonchev–Trinajstić information content (AvgIpc) is 3.45. The number of carbonyl (C=O) groups excluding carboxylic acids is 1. The number of carboxylic acid groups (broad SMARTS) is 1. The number of imidazole rings is 1. The second-order valence-corrected chi connectivity index (χ2v) is 8.80. The number of hydrogen-bond acceptors (Lipinski definition) is 9. The van der Waals surface area contributed by atoms with Crippen LogP contribution in [0, 0.1) is 6.92 Å². The Morgan fingerprint density at radius 3 is 2.71 bits per heavy atom. The van der Waals surface area contributed by atoms with Crippen LogP contribution in [0.25, 0.3) is 0 Å². The van der Waals surface area contributed by atoms with Gasteiger partial charge in [-0.15, -0.1) is 0 Å². The number of benzene rings is 1. The number of nitrogens with one attached hydrogen (secondary N) is 4. The zero-order valence-corrected chi connectivity index (χ0v) is 19.0. The van der Waals surface area contributed by atoms with Crippen LogP contribution in [0.1, 0.15) is 22.7 Å². The van der Waals surface area contributed by atoms with E-state index in [-0.39, 0.29) is 16.5 Å². The highest BCUT2D eigenvalue weighted by atomic mass is 32.2. The zero-order valence-electron chi connectivity index (χ0n) is 18.1. The fourth-order valence-corrected chi connectivity index (χ4v) is 3.92. The van der Waals surface area contributed by atoms with Gasteiger partial charge in [0.05, 0.1) is 23.3 Å². The number of aromatic amines is 1. The van der Waals surface area contributed by atoms with Crippen molar-refractivity contribution in [3.8, 4) is 5.88 Å². The molecule has 182 valence electrons. The number of nitrogens with zero attached hydrogens (tertiary/aromatic N) is 2. The van der Waals surface area contributed by atoms with Crippen molar-refractivity contribution in [3.05, 3.63) is 54.0 Å². The quantitative estimate of drug-likeness (QED) is 0.213. The number of rotatable bonds is 13. The van der Waals surface area contributed by atoms with Crippen molar-refractivity contribution in [2.45, 2.75) is 24.3 Å². The summed E-state index contributed by atoms with van der Waals surface area (Å²) in [6.45, 7) is 2.24. The number of hydrogen-bond donors (Lipinski definition) is 5. The molecule has 0 fully saturated rings. The predicted octanol–water partition coefficient (Wildman–Crippen LogP) is 0.749. The van der Waals surface area contributed by atoms with E-state index in [1.165, 1.54) is 30.3 Å². The summed E-state index contributed by atoms with van der Waals surface area (Å²) < 4.78 is 37.1. The van der Waals surface area contributed by atoms with E-state index in [9.17, 15) is 23.1 Å². The SMILES string of the molecule is Cc1c[nH]c(NCCCOc2cc(C(=O)NCC(NS(=O)(=O)c3ccccc3)C(=O)O)on2)n1. The summed E-state index contributed by atoms with van der Waals surface area (Å²) in [5.74, 6) is -1.71. The minimum Gasteiger partial charge on any atom is -0.480 e. The van der Waals surface area contributed by atoms with E-state index in [4.69, 9.17) is 9.26 Å². The van der Waals surface area contributed by atoms with Gasteiger partial charge in [-0.3, -0.25) is 9.59 Å². The van der Waals surface area contributed by atoms with Gasteiger partial charge in [-0.25, -0.2) is 13.4 Å². The Morgan fingerprint density at radius 1 is 1.26 bits per heavy atom. The summed E-state index contributed by atoms with van der Waals surface area (Å²) in [4.78, 5) is 30.8. The maximum Gasteiger partial charge on any atom is 0.323 e. The fraction of sp³-hybridized carbons (Fsp3) is 0.300. The molecule has 2 heterocycles. The van der Waals surface area contributed by atoms with Gasteiger partial charge in [-0.1, -0.05) is 18.2 Å². The fourth-order valence-electron chi connectivity index (χ4n) is 2.71. The second-order valence-electron chi connectivity index (χ2n) is 7.08. The molecule has 3 aromatic rings. The molecule has 0 saturated carbocycles. The van der Waals surface area contributed by atoms with E-state index in [0.29, 0.717) is 25.5 Å². The first-order chi connectivity index (χ1) is 16.2. The molecular weight excluding hydrogens is 468 g/mol. The summed E-state index contributed by atoms with van der Waals surface area (Å²) in [5, 5.41) is 18.4. The molecule has 1 amide bonds. The molecule has 34 heavy (non-hydrogen) atoms. The molecule has 0 bridgehead atoms. The molecule has 1 aromatic carbocycles. The molecule has 0 radical (unpaired) electrons. The highest BCUT2D eigenvalue weighted by molar-refractivity contribution is 7.89. The van der Waals surface area contributed by atoms with Gasteiger partial charge in [0.2, 0.25) is 15.8 Å². The highest BCUT2D eigenvalue weighted by Gasteiger charge is 2.26. The Kier molecular flexibility index (Phi) is 8.21. The molecule has 13 nitrogen and oxygen atoms in total. The number of carboxylic acids is 1. The number of aryl methyl sites for hydroxylation is 1. The Morgan fingerprint density at radius 2 is 2.03 bits per heavy atom. The average molecular weight is 493 g/mol. The van der Waals surface area contributed by atoms with E-state index >= 15 is 0 Å². The normalized spacial score (nSPS) is 12.1. The van der Waals surface area contributed by atoms with Crippen molar-refractivity contribution in [1.82, 2.24) is 25.2 Å². The van der Waals surface area contributed by atoms with Crippen LogP contribution < -0.4 is 20.1 Å². The Hall–Kier alpha value is -3.91. The number of aromatic nitrogens is 3. The number of sulfonamides is 1. The molecule has 1 unspecified atom stereocenters. The minimum atomic E-state index is -4.09. The number of anilines is 1. The summed E-state index contributed by atoms with van der Waals surface area (Å²) >= 11 is 0. The lowest BCUT2D eigenvalue weighted by molar-refractivity contribution is -0.138. The van der Waals surface area contributed by atoms with Crippen LogP contribution in [0.5, 0.6) is 5.88 Å². The van der Waals surface area contributed by atoms with Gasteiger partial charge in [0.1, 0.15) is 6.04 Å². The van der Waals surface area contributed by atoms with Gasteiger partial charge in [-0.05, 0) is 30.6 Å². The maximum absolute atomic E-state index is 12.4. The standard InChI is InChI=1S/C20H24N6O7S/c1-13-11-23-20(24-13)21-8-5-9-32-17-10-16(33-25-17)18(27)22-12-15(19(28)29)26-34(30,31)14-6-3-2-4-7-14/h2-4,6-7,10-11,15,26H,5,8-9,12H2,1H3,(H,22,27)(H,28,29)(H2,21,23,24). The van der Waals surface area contributed by atoms with Gasteiger partial charge >= 0.3 is 5.97 Å². The van der Waals surface area contributed by atoms with Gasteiger partial charge in [0.15, 0.2) is 5.95 Å². The third-order valence-electron chi connectivity index (χ3n) is 4.40. The Bertz CT molecular complexity index is 1210. The third-order valence-corrected chi connectivity index (χ3v) is 5.89. The van der Waals surface area contributed by atoms with Crippen molar-refractivity contribution >= 4 is 27.8 Å². The van der Waals surface area contributed by atoms with Crippen molar-refractivity contribution in [2.75, 3.05) is 25.0 Å². The molecule has 0 aliphatic carbocycles. The van der Waals surface area contributed by atoms with Gasteiger partial charge in [0, 0.05) is 19.3 Å². The van der Waals surface area contributed by atoms with E-state index in [2.05, 4.69) is 25.8 Å². The number of H-pyrrole nitrogens is 1. The molecule has 2 aromatic heterocycles. The Balaban J connectivity index is 1.45. The summed E-state index contributed by atoms with van der Waals surface area (Å²) in [6, 6.07) is 6.94. The molecule has 14 heteroatoms. The predicted molar refractivity (Wildman–Crippen MR) is 119 cm³/mol. The van der Waals surface area contributed by atoms with Crippen LogP contribution in [-0.2, 0) is 14.8 Å².